The number of benzene rings is 1. The summed E-state index contributed by atoms with van der Waals surface area (Å²) in [6.45, 7) is 0. The second kappa shape index (κ2) is 3.69. The van der Waals surface area contributed by atoms with Crippen molar-refractivity contribution in [2.45, 2.75) is 0 Å². The van der Waals surface area contributed by atoms with Gasteiger partial charge in [-0.3, -0.25) is 0 Å². The number of hydrogen-bond donors (Lipinski definition) is 0. The van der Waals surface area contributed by atoms with Gasteiger partial charge in [0.15, 0.2) is 0 Å². The Balaban J connectivity index is 0.000000500. The van der Waals surface area contributed by atoms with Crippen molar-refractivity contribution >= 4 is 11.0 Å². The zero-order valence-electron chi connectivity index (χ0n) is 5.79. The maximum Gasteiger partial charge on any atom is 1.00 e. The van der Waals surface area contributed by atoms with E-state index >= 15 is 0 Å². The maximum absolute atomic E-state index is 5.10. The summed E-state index contributed by atoms with van der Waals surface area (Å²) in [7, 11) is 0. The van der Waals surface area contributed by atoms with Crippen LogP contribution in [-0.2, 0) is 0 Å². The fourth-order valence-corrected chi connectivity index (χ4v) is 0.847. The van der Waals surface area contributed by atoms with Crippen LogP contribution in [0.15, 0.2) is 34.9 Å². The van der Waals surface area contributed by atoms with Gasteiger partial charge >= 0.3 is 51.4 Å². The molecule has 0 aliphatic rings. The molecule has 0 radical (unpaired) electrons. The third-order valence-corrected chi connectivity index (χ3v) is 1.30. The minimum absolute atomic E-state index is 0. The Morgan fingerprint density at radius 1 is 1.30 bits per heavy atom. The molecule has 2 rings (SSSR count). The van der Waals surface area contributed by atoms with Gasteiger partial charge in [0.25, 0.3) is 0 Å². The molecule has 2 aromatic rings. The van der Waals surface area contributed by atoms with Gasteiger partial charge in [-0.2, -0.15) is 18.2 Å². The molecule has 0 N–H and O–H groups in total. The second-order valence-electron chi connectivity index (χ2n) is 1.88. The predicted octanol–water partition coefficient (Wildman–Crippen LogP) is -0.763. The summed E-state index contributed by atoms with van der Waals surface area (Å²) in [6.07, 6.45) is 1.68. The van der Waals surface area contributed by atoms with Crippen LogP contribution in [0.3, 0.4) is 0 Å². The number of fused-ring (bicyclic) bond motifs is 1. The average Bonchev–Trinajstić information content (AvgIpc) is 2.33. The van der Waals surface area contributed by atoms with E-state index in [1.54, 1.807) is 6.26 Å². The second-order valence-corrected chi connectivity index (χ2v) is 1.88. The molecule has 0 aliphatic carbocycles. The fraction of sp³-hybridized carbons (Fsp3) is 0. The van der Waals surface area contributed by atoms with E-state index in [1.807, 2.05) is 24.3 Å². The first kappa shape index (κ1) is 8.49. The third kappa shape index (κ3) is 1.52. The zero-order valence-corrected chi connectivity index (χ0v) is 8.92. The van der Waals surface area contributed by atoms with Crippen molar-refractivity contribution in [3.63, 3.8) is 0 Å². The molecule has 0 fully saturated rings. The smallest absolute Gasteiger partial charge is 0.491 e. The largest absolute Gasteiger partial charge is 1.00 e. The normalized spacial score (nSPS) is 9.20. The zero-order chi connectivity index (χ0) is 6.10. The van der Waals surface area contributed by atoms with E-state index in [9.17, 15) is 0 Å². The molecule has 10 heavy (non-hydrogen) atoms. The molecule has 0 saturated carbocycles. The minimum atomic E-state index is 0. The first-order valence-electron chi connectivity index (χ1n) is 2.80. The first-order chi connectivity index (χ1) is 4.47. The monoisotopic (exact) mass is 156 g/mol. The molecule has 0 bridgehead atoms. The van der Waals surface area contributed by atoms with Crippen LogP contribution < -0.4 is 51.4 Å². The molecular weight excluding hydrogens is 151 g/mol. The van der Waals surface area contributed by atoms with E-state index < -0.39 is 0 Å². The van der Waals surface area contributed by atoms with Crippen molar-refractivity contribution in [2.75, 3.05) is 0 Å². The Labute approximate surface area is 102 Å². The third-order valence-electron chi connectivity index (χ3n) is 1.30. The molecule has 0 amide bonds. The van der Waals surface area contributed by atoms with Crippen LogP contribution in [0.1, 0.15) is 0 Å². The van der Waals surface area contributed by atoms with Crippen molar-refractivity contribution in [3.8, 4) is 0 Å². The van der Waals surface area contributed by atoms with E-state index in [0.717, 1.165) is 11.0 Å². The van der Waals surface area contributed by atoms with Gasteiger partial charge in [0.05, 0.1) is 6.26 Å². The van der Waals surface area contributed by atoms with Crippen LogP contribution >= 0.6 is 0 Å². The minimum Gasteiger partial charge on any atom is -0.491 e. The van der Waals surface area contributed by atoms with Gasteiger partial charge in [0.1, 0.15) is 0 Å². The Bertz CT molecular complexity index is 283. The molecule has 0 spiro atoms. The quantitative estimate of drug-likeness (QED) is 0.361. The molecule has 0 unspecified atom stereocenters. The molecule has 0 atom stereocenters. The summed E-state index contributed by atoms with van der Waals surface area (Å²) >= 11 is 0. The van der Waals surface area contributed by atoms with Crippen LogP contribution in [0.25, 0.3) is 11.0 Å². The van der Waals surface area contributed by atoms with Crippen LogP contribution in [0.2, 0.25) is 0 Å². The van der Waals surface area contributed by atoms with Crippen molar-refractivity contribution in [2.24, 2.45) is 0 Å². The van der Waals surface area contributed by atoms with E-state index in [2.05, 4.69) is 6.07 Å². The van der Waals surface area contributed by atoms with Gasteiger partial charge in [0.2, 0.25) is 0 Å². The Hall–Kier alpha value is 0.396. The Kier molecular flexibility index (Phi) is 3.13. The molecule has 0 aliphatic heterocycles. The van der Waals surface area contributed by atoms with Gasteiger partial charge in [-0.1, -0.05) is 11.5 Å². The van der Waals surface area contributed by atoms with Crippen molar-refractivity contribution < 1.29 is 55.8 Å². The molecule has 2 heteroatoms. The van der Waals surface area contributed by atoms with Crippen molar-refractivity contribution in [1.82, 2.24) is 0 Å². The van der Waals surface area contributed by atoms with Crippen LogP contribution in [0.4, 0.5) is 0 Å². The SMILES string of the molecule is [K+].[c-]1ccc2occc2c1. The summed E-state index contributed by atoms with van der Waals surface area (Å²) in [5.74, 6) is 0. The topological polar surface area (TPSA) is 13.1 Å². The van der Waals surface area contributed by atoms with Gasteiger partial charge in [-0.05, 0) is 0 Å². The average molecular weight is 156 g/mol. The van der Waals surface area contributed by atoms with Crippen LogP contribution in [0, 0.1) is 6.07 Å². The summed E-state index contributed by atoms with van der Waals surface area (Å²) in [5.41, 5.74) is 0.925. The molecule has 1 aromatic heterocycles. The molecule has 1 nitrogen and oxygen atoms in total. The predicted molar refractivity (Wildman–Crippen MR) is 35.1 cm³/mol. The summed E-state index contributed by atoms with van der Waals surface area (Å²) in [5, 5.41) is 1.11. The molecule has 1 aromatic carbocycles. The van der Waals surface area contributed by atoms with Gasteiger partial charge in [0, 0.05) is 5.58 Å². The van der Waals surface area contributed by atoms with E-state index in [0.29, 0.717) is 0 Å². The Morgan fingerprint density at radius 2 is 2.20 bits per heavy atom. The van der Waals surface area contributed by atoms with Gasteiger partial charge < -0.3 is 4.42 Å². The molecule has 0 saturated heterocycles. The van der Waals surface area contributed by atoms with Crippen molar-refractivity contribution in [1.29, 1.82) is 0 Å². The molecule has 44 valence electrons. The summed E-state index contributed by atoms with van der Waals surface area (Å²) in [6, 6.07) is 10.5. The standard InChI is InChI=1S/C8H5O.K/c1-2-4-8-7(3-1)5-6-9-8;/h2-6H;/q-1;+1. The number of furan rings is 1. The summed E-state index contributed by atoms with van der Waals surface area (Å²) in [4.78, 5) is 0. The van der Waals surface area contributed by atoms with E-state index in [-0.39, 0.29) is 51.4 Å². The van der Waals surface area contributed by atoms with E-state index in [1.165, 1.54) is 0 Å². The maximum atomic E-state index is 5.10. The first-order valence-corrected chi connectivity index (χ1v) is 2.80. The Morgan fingerprint density at radius 3 is 3.00 bits per heavy atom. The van der Waals surface area contributed by atoms with Gasteiger partial charge in [-0.25, -0.2) is 0 Å². The van der Waals surface area contributed by atoms with E-state index in [4.69, 9.17) is 4.42 Å². The number of rotatable bonds is 0. The molecule has 1 heterocycles. The molecular formula is C8H5KO. The van der Waals surface area contributed by atoms with Crippen LogP contribution in [-0.4, -0.2) is 0 Å². The fourth-order valence-electron chi connectivity index (χ4n) is 0.847. The van der Waals surface area contributed by atoms with Gasteiger partial charge in [-0.15, -0.1) is 6.07 Å². The number of hydrogen-bond acceptors (Lipinski definition) is 1. The van der Waals surface area contributed by atoms with Crippen molar-refractivity contribution in [3.05, 3.63) is 36.6 Å². The van der Waals surface area contributed by atoms with Crippen LogP contribution in [0.5, 0.6) is 0 Å². The summed E-state index contributed by atoms with van der Waals surface area (Å²) < 4.78 is 5.10.